The molecule has 0 aromatic carbocycles. The maximum absolute atomic E-state index is 12.2. The Hall–Kier alpha value is -4.16. The van der Waals surface area contributed by atoms with Gasteiger partial charge in [0.2, 0.25) is 23.6 Å². The molecule has 0 aliphatic carbocycles. The second-order valence-electron chi connectivity index (χ2n) is 13.4. The monoisotopic (exact) mass is 861 g/mol. The van der Waals surface area contributed by atoms with E-state index >= 15 is 0 Å². The van der Waals surface area contributed by atoms with E-state index in [1.54, 1.807) is 0 Å². The SMILES string of the molecule is O=C(O)CCCCCCCCCCCCCCC(=O)N/C(=C/CC(=O)NCCOCCOCC(=O)NCCOCCOCC(=O)NCCC/C=C(/NP)C(=O)O)C(=O)O. The maximum atomic E-state index is 12.2. The van der Waals surface area contributed by atoms with Crippen molar-refractivity contribution in [2.45, 2.75) is 109 Å². The second kappa shape index (κ2) is 39.3. The molecule has 1 atom stereocenters. The minimum Gasteiger partial charge on any atom is -0.481 e. The van der Waals surface area contributed by atoms with Gasteiger partial charge in [-0.1, -0.05) is 70.3 Å². The molecule has 1 unspecified atom stereocenters. The number of ether oxygens (including phenoxy) is 4. The van der Waals surface area contributed by atoms with Gasteiger partial charge in [-0.05, 0) is 41.1 Å². The Labute approximate surface area is 349 Å². The van der Waals surface area contributed by atoms with Crippen LogP contribution in [0.1, 0.15) is 109 Å². The Balaban J connectivity index is 3.74. The summed E-state index contributed by atoms with van der Waals surface area (Å²) in [5.74, 6) is -4.61. The Morgan fingerprint density at radius 3 is 1.37 bits per heavy atom. The van der Waals surface area contributed by atoms with Gasteiger partial charge in [-0.25, -0.2) is 9.59 Å². The zero-order chi connectivity index (χ0) is 43.8. The first-order chi connectivity index (χ1) is 28.5. The predicted octanol–water partition coefficient (Wildman–Crippen LogP) is 2.55. The summed E-state index contributed by atoms with van der Waals surface area (Å²) in [7, 11) is 2.12. The third kappa shape index (κ3) is 37.8. The van der Waals surface area contributed by atoms with E-state index in [1.165, 1.54) is 12.5 Å². The van der Waals surface area contributed by atoms with Gasteiger partial charge < -0.3 is 60.6 Å². The van der Waals surface area contributed by atoms with Crippen molar-refractivity contribution >= 4 is 50.9 Å². The van der Waals surface area contributed by atoms with Crippen LogP contribution in [0.5, 0.6) is 0 Å². The van der Waals surface area contributed by atoms with Crippen LogP contribution in [0, 0.1) is 0 Å². The summed E-state index contributed by atoms with van der Waals surface area (Å²) in [6.07, 6.45) is 16.1. The van der Waals surface area contributed by atoms with Crippen molar-refractivity contribution in [2.24, 2.45) is 0 Å². The van der Waals surface area contributed by atoms with Gasteiger partial charge in [0.25, 0.3) is 0 Å². The number of unbranched alkanes of at least 4 members (excludes halogenated alkanes) is 12. The molecule has 0 aliphatic rings. The van der Waals surface area contributed by atoms with Crippen LogP contribution in [-0.2, 0) is 52.5 Å². The van der Waals surface area contributed by atoms with Gasteiger partial charge in [0.1, 0.15) is 24.6 Å². The third-order valence-electron chi connectivity index (χ3n) is 8.33. The number of allylic oxidation sites excluding steroid dienone is 1. The van der Waals surface area contributed by atoms with Crippen LogP contribution in [0.15, 0.2) is 23.5 Å². The number of carboxylic acids is 3. The lowest BCUT2D eigenvalue weighted by atomic mass is 10.0. The van der Waals surface area contributed by atoms with E-state index < -0.39 is 29.7 Å². The molecule has 0 rings (SSSR count). The van der Waals surface area contributed by atoms with E-state index in [0.717, 1.165) is 70.3 Å². The summed E-state index contributed by atoms with van der Waals surface area (Å²) in [5.41, 5.74) is -0.275. The molecule has 0 saturated carbocycles. The van der Waals surface area contributed by atoms with Crippen LogP contribution in [0.4, 0.5) is 0 Å². The average Bonchev–Trinajstić information content (AvgIpc) is 3.19. The van der Waals surface area contributed by atoms with Crippen molar-refractivity contribution < 1.29 is 67.8 Å². The lowest BCUT2D eigenvalue weighted by Gasteiger charge is -2.09. The van der Waals surface area contributed by atoms with Gasteiger partial charge in [-0.3, -0.25) is 24.0 Å². The van der Waals surface area contributed by atoms with Crippen molar-refractivity contribution in [1.82, 2.24) is 26.4 Å². The second-order valence-corrected chi connectivity index (χ2v) is 13.7. The predicted molar refractivity (Wildman–Crippen MR) is 221 cm³/mol. The lowest BCUT2D eigenvalue weighted by molar-refractivity contribution is -0.137. The topological polar surface area (TPSA) is 277 Å². The molecule has 59 heavy (non-hydrogen) atoms. The molecule has 19 nitrogen and oxygen atoms in total. The van der Waals surface area contributed by atoms with Gasteiger partial charge >= 0.3 is 17.9 Å². The van der Waals surface area contributed by atoms with Crippen molar-refractivity contribution in [3.05, 3.63) is 23.5 Å². The van der Waals surface area contributed by atoms with Gasteiger partial charge in [0.15, 0.2) is 0 Å². The van der Waals surface area contributed by atoms with Gasteiger partial charge in [-0.2, -0.15) is 0 Å². The van der Waals surface area contributed by atoms with Crippen molar-refractivity contribution in [2.75, 3.05) is 72.5 Å². The number of hydrogen-bond donors (Lipinski definition) is 8. The smallest absolute Gasteiger partial charge is 0.352 e. The number of carboxylic acid groups (broad SMARTS) is 3. The van der Waals surface area contributed by atoms with E-state index in [4.69, 9.17) is 29.2 Å². The standard InChI is InChI=1S/C39H68N5O14P/c45-33(19-18-31(38(51)52)43-34(46)16-11-9-7-5-3-1-2-4-6-8-10-12-17-37(49)50)41-21-23-55-25-28-58-30-36(48)42-22-24-56-26-27-57-29-35(47)40-20-14-13-15-32(44-59)39(53)54/h15,18,44H,1-14,16-17,19-30,59H2,(H,40,47)(H,41,45)(H,42,48)(H,43,46)(H,49,50)(H,51,52)(H,53,54)/b31-18+,32-15+. The fourth-order valence-electron chi connectivity index (χ4n) is 5.18. The van der Waals surface area contributed by atoms with E-state index in [1.807, 2.05) is 0 Å². The molecule has 0 fully saturated rings. The Morgan fingerprint density at radius 1 is 0.458 bits per heavy atom. The van der Waals surface area contributed by atoms with Crippen molar-refractivity contribution in [3.8, 4) is 0 Å². The largest absolute Gasteiger partial charge is 0.481 e. The van der Waals surface area contributed by atoms with E-state index in [2.05, 4.69) is 35.7 Å². The Kier molecular flexibility index (Phi) is 36.5. The van der Waals surface area contributed by atoms with Crippen LogP contribution in [0.2, 0.25) is 0 Å². The van der Waals surface area contributed by atoms with Crippen LogP contribution in [-0.4, -0.2) is 129 Å². The first-order valence-corrected chi connectivity index (χ1v) is 21.0. The van der Waals surface area contributed by atoms with E-state index in [-0.39, 0.29) is 108 Å². The van der Waals surface area contributed by atoms with Crippen LogP contribution < -0.4 is 26.4 Å². The summed E-state index contributed by atoms with van der Waals surface area (Å²) in [6, 6.07) is 0. The molecular formula is C39H68N5O14P. The molecule has 0 heterocycles. The molecule has 0 spiro atoms. The summed E-state index contributed by atoms with van der Waals surface area (Å²) >= 11 is 0. The Morgan fingerprint density at radius 2 is 0.898 bits per heavy atom. The normalized spacial score (nSPS) is 11.5. The molecular weight excluding hydrogens is 793 g/mol. The first-order valence-electron chi connectivity index (χ1n) is 20.4. The summed E-state index contributed by atoms with van der Waals surface area (Å²) < 4.78 is 21.2. The van der Waals surface area contributed by atoms with Crippen LogP contribution in [0.25, 0.3) is 0 Å². The highest BCUT2D eigenvalue weighted by molar-refractivity contribution is 7.14. The number of aliphatic carboxylic acids is 3. The maximum Gasteiger partial charge on any atom is 0.352 e. The molecule has 0 aliphatic heterocycles. The summed E-state index contributed by atoms with van der Waals surface area (Å²) in [6.45, 7) is 1.63. The van der Waals surface area contributed by atoms with Gasteiger partial charge in [0.05, 0.1) is 39.6 Å². The van der Waals surface area contributed by atoms with E-state index in [9.17, 15) is 38.7 Å². The molecule has 0 radical (unpaired) electrons. The third-order valence-corrected chi connectivity index (χ3v) is 8.64. The zero-order valence-electron chi connectivity index (χ0n) is 34.4. The van der Waals surface area contributed by atoms with E-state index in [0.29, 0.717) is 25.8 Å². The molecule has 20 heteroatoms. The molecule has 8 N–H and O–H groups in total. The highest BCUT2D eigenvalue weighted by Crippen LogP contribution is 2.13. The highest BCUT2D eigenvalue weighted by Gasteiger charge is 2.12. The zero-order valence-corrected chi connectivity index (χ0v) is 35.5. The number of rotatable bonds is 41. The molecule has 0 aromatic heterocycles. The van der Waals surface area contributed by atoms with Crippen LogP contribution in [0.3, 0.4) is 0 Å². The highest BCUT2D eigenvalue weighted by atomic mass is 31.0. The molecule has 0 bridgehead atoms. The number of nitrogens with one attached hydrogen (secondary N) is 5. The average molecular weight is 862 g/mol. The molecule has 338 valence electrons. The Bertz CT molecular complexity index is 1280. The fraction of sp³-hybridized carbons (Fsp3) is 0.718. The molecule has 0 aromatic rings. The van der Waals surface area contributed by atoms with Crippen molar-refractivity contribution in [1.29, 1.82) is 0 Å². The minimum atomic E-state index is -1.33. The van der Waals surface area contributed by atoms with Gasteiger partial charge in [-0.15, -0.1) is 0 Å². The molecule has 0 saturated heterocycles. The number of carbonyl (C=O) groups is 7. The number of carbonyl (C=O) groups excluding carboxylic acids is 4. The quantitative estimate of drug-likeness (QED) is 0.0249. The minimum absolute atomic E-state index is 0.0686. The lowest BCUT2D eigenvalue weighted by Crippen LogP contribution is -2.31. The van der Waals surface area contributed by atoms with Crippen molar-refractivity contribution in [3.63, 3.8) is 0 Å². The van der Waals surface area contributed by atoms with Gasteiger partial charge in [0, 0.05) is 38.9 Å². The van der Waals surface area contributed by atoms with Crippen LogP contribution >= 0.6 is 9.39 Å². The first kappa shape index (κ1) is 54.8. The number of hydrogen-bond acceptors (Lipinski definition) is 12. The number of amides is 4. The summed E-state index contributed by atoms with van der Waals surface area (Å²) in [4.78, 5) is 80.9. The molecule has 4 amide bonds. The summed E-state index contributed by atoms with van der Waals surface area (Å²) in [5, 5.41) is 39.7. The fourth-order valence-corrected chi connectivity index (χ4v) is 5.42.